The molecule has 0 bridgehead atoms. The minimum atomic E-state index is -0.988. The lowest BCUT2D eigenvalue weighted by atomic mass is 9.92. The van der Waals surface area contributed by atoms with Gasteiger partial charge in [0.05, 0.1) is 32.3 Å². The van der Waals surface area contributed by atoms with Crippen LogP contribution in [0.3, 0.4) is 0 Å². The summed E-state index contributed by atoms with van der Waals surface area (Å²) in [5.41, 5.74) is 0.651. The average molecular weight is 349 g/mol. The maximum atomic E-state index is 12.5. The molecule has 1 N–H and O–H groups in total. The lowest BCUT2D eigenvalue weighted by molar-refractivity contribution is -0.142. The first-order chi connectivity index (χ1) is 12.0. The van der Waals surface area contributed by atoms with Gasteiger partial charge in [0.15, 0.2) is 0 Å². The van der Waals surface area contributed by atoms with Crippen LogP contribution in [-0.2, 0) is 14.3 Å². The predicted octanol–water partition coefficient (Wildman–Crippen LogP) is 1.86. The van der Waals surface area contributed by atoms with Gasteiger partial charge in [-0.1, -0.05) is 0 Å². The Kier molecular flexibility index (Phi) is 5.13. The number of hydrogen-bond acceptors (Lipinski definition) is 5. The van der Waals surface area contributed by atoms with Gasteiger partial charge in [-0.2, -0.15) is 0 Å². The zero-order chi connectivity index (χ0) is 18.0. The molecule has 0 aromatic heterocycles. The molecule has 1 aromatic carbocycles. The van der Waals surface area contributed by atoms with Crippen LogP contribution in [0.5, 0.6) is 11.5 Å². The van der Waals surface area contributed by atoms with Gasteiger partial charge in [0.2, 0.25) is 5.91 Å². The number of benzene rings is 1. The molecular weight excluding hydrogens is 326 g/mol. The molecule has 0 radical (unpaired) electrons. The highest BCUT2D eigenvalue weighted by molar-refractivity contribution is 5.87. The summed E-state index contributed by atoms with van der Waals surface area (Å²) >= 11 is 0. The Bertz CT molecular complexity index is 655. The second-order valence-corrected chi connectivity index (χ2v) is 6.38. The molecule has 0 spiro atoms. The Hall–Kier alpha value is -2.28. The van der Waals surface area contributed by atoms with Crippen LogP contribution in [0.15, 0.2) is 18.2 Å². The SMILES string of the molecule is COc1ccc(OC)c([C@@H]2[C@H](C(=O)O)CC(=O)N2C[C@@H]2CCCO2)c1. The topological polar surface area (TPSA) is 85.3 Å². The summed E-state index contributed by atoms with van der Waals surface area (Å²) in [6.07, 6.45) is 1.77. The van der Waals surface area contributed by atoms with Crippen LogP contribution in [0.2, 0.25) is 0 Å². The van der Waals surface area contributed by atoms with Crippen molar-refractivity contribution in [1.29, 1.82) is 0 Å². The minimum Gasteiger partial charge on any atom is -0.497 e. The number of aliphatic carboxylic acids is 1. The van der Waals surface area contributed by atoms with Crippen molar-refractivity contribution >= 4 is 11.9 Å². The molecular formula is C18H23NO6. The molecule has 0 saturated carbocycles. The fourth-order valence-corrected chi connectivity index (χ4v) is 3.69. The van der Waals surface area contributed by atoms with Crippen molar-refractivity contribution in [3.63, 3.8) is 0 Å². The summed E-state index contributed by atoms with van der Waals surface area (Å²) < 4.78 is 16.3. The van der Waals surface area contributed by atoms with Gasteiger partial charge in [-0.15, -0.1) is 0 Å². The van der Waals surface area contributed by atoms with E-state index in [2.05, 4.69) is 0 Å². The van der Waals surface area contributed by atoms with Crippen molar-refractivity contribution in [2.45, 2.75) is 31.4 Å². The molecule has 2 fully saturated rings. The third kappa shape index (κ3) is 3.42. The summed E-state index contributed by atoms with van der Waals surface area (Å²) in [4.78, 5) is 26.0. The molecule has 2 aliphatic heterocycles. The monoisotopic (exact) mass is 349 g/mol. The molecule has 2 aliphatic rings. The van der Waals surface area contributed by atoms with Gasteiger partial charge in [0.25, 0.3) is 0 Å². The van der Waals surface area contributed by atoms with Gasteiger partial charge < -0.3 is 24.2 Å². The van der Waals surface area contributed by atoms with Gasteiger partial charge in [0, 0.05) is 25.1 Å². The molecule has 2 saturated heterocycles. The number of carboxylic acid groups (broad SMARTS) is 1. The maximum Gasteiger partial charge on any atom is 0.309 e. The summed E-state index contributed by atoms with van der Waals surface area (Å²) in [5, 5.41) is 9.65. The van der Waals surface area contributed by atoms with E-state index in [4.69, 9.17) is 14.2 Å². The number of carboxylic acids is 1. The molecule has 7 heteroatoms. The Labute approximate surface area is 146 Å². The maximum absolute atomic E-state index is 12.5. The second-order valence-electron chi connectivity index (χ2n) is 6.38. The van der Waals surface area contributed by atoms with E-state index in [-0.39, 0.29) is 18.4 Å². The molecule has 3 rings (SSSR count). The number of likely N-dealkylation sites (tertiary alicyclic amines) is 1. The average Bonchev–Trinajstić information content (AvgIpc) is 3.23. The molecule has 136 valence electrons. The van der Waals surface area contributed by atoms with Crippen molar-refractivity contribution in [3.8, 4) is 11.5 Å². The lowest BCUT2D eigenvalue weighted by Crippen LogP contribution is -2.36. The standard InChI is InChI=1S/C18H23NO6/c1-23-11-5-6-15(24-2)13(8-11)17-14(18(21)22)9-16(20)19(17)10-12-4-3-7-25-12/h5-6,8,12,14,17H,3-4,7,9-10H2,1-2H3,(H,21,22)/t12-,14+,17+/m0/s1. The number of nitrogens with zero attached hydrogens (tertiary/aromatic N) is 1. The molecule has 25 heavy (non-hydrogen) atoms. The number of carbonyl (C=O) groups excluding carboxylic acids is 1. The largest absolute Gasteiger partial charge is 0.497 e. The highest BCUT2D eigenvalue weighted by Gasteiger charge is 2.46. The summed E-state index contributed by atoms with van der Waals surface area (Å²) in [6.45, 7) is 1.08. The van der Waals surface area contributed by atoms with Crippen LogP contribution in [0.4, 0.5) is 0 Å². The number of methoxy groups -OCH3 is 2. The number of ether oxygens (including phenoxy) is 3. The second kappa shape index (κ2) is 7.31. The van der Waals surface area contributed by atoms with E-state index in [1.165, 1.54) is 7.11 Å². The van der Waals surface area contributed by atoms with E-state index in [1.807, 2.05) is 0 Å². The molecule has 0 unspecified atom stereocenters. The fraction of sp³-hybridized carbons (Fsp3) is 0.556. The van der Waals surface area contributed by atoms with Gasteiger partial charge in [0.1, 0.15) is 11.5 Å². The van der Waals surface area contributed by atoms with E-state index < -0.39 is 17.9 Å². The van der Waals surface area contributed by atoms with Crippen molar-refractivity contribution in [3.05, 3.63) is 23.8 Å². The van der Waals surface area contributed by atoms with Crippen LogP contribution < -0.4 is 9.47 Å². The van der Waals surface area contributed by atoms with Crippen LogP contribution in [0.25, 0.3) is 0 Å². The number of rotatable bonds is 6. The number of hydrogen-bond donors (Lipinski definition) is 1. The molecule has 7 nitrogen and oxygen atoms in total. The Balaban J connectivity index is 2.00. The normalized spacial score (nSPS) is 26.1. The number of amides is 1. The molecule has 3 atom stereocenters. The zero-order valence-corrected chi connectivity index (χ0v) is 14.4. The van der Waals surface area contributed by atoms with E-state index in [9.17, 15) is 14.7 Å². The van der Waals surface area contributed by atoms with E-state index in [0.29, 0.717) is 30.2 Å². The van der Waals surface area contributed by atoms with Crippen molar-refractivity contribution in [2.75, 3.05) is 27.4 Å². The Morgan fingerprint density at radius 1 is 1.36 bits per heavy atom. The van der Waals surface area contributed by atoms with Gasteiger partial charge in [-0.25, -0.2) is 0 Å². The van der Waals surface area contributed by atoms with Gasteiger partial charge >= 0.3 is 5.97 Å². The molecule has 1 aromatic rings. The summed E-state index contributed by atoms with van der Waals surface area (Å²) in [6, 6.07) is 4.64. The smallest absolute Gasteiger partial charge is 0.309 e. The predicted molar refractivity (Wildman–Crippen MR) is 88.7 cm³/mol. The van der Waals surface area contributed by atoms with Crippen LogP contribution in [0, 0.1) is 5.92 Å². The zero-order valence-electron chi connectivity index (χ0n) is 14.4. The lowest BCUT2D eigenvalue weighted by Gasteiger charge is -2.30. The minimum absolute atomic E-state index is 0.0207. The third-order valence-electron chi connectivity index (χ3n) is 4.93. The number of carbonyl (C=O) groups is 2. The van der Waals surface area contributed by atoms with Crippen LogP contribution >= 0.6 is 0 Å². The van der Waals surface area contributed by atoms with Crippen LogP contribution in [0.1, 0.15) is 30.9 Å². The van der Waals surface area contributed by atoms with E-state index in [1.54, 1.807) is 30.2 Å². The third-order valence-corrected chi connectivity index (χ3v) is 4.93. The Morgan fingerprint density at radius 3 is 2.76 bits per heavy atom. The molecule has 0 aliphatic carbocycles. The Morgan fingerprint density at radius 2 is 2.16 bits per heavy atom. The van der Waals surface area contributed by atoms with Crippen LogP contribution in [-0.4, -0.2) is 55.4 Å². The van der Waals surface area contributed by atoms with E-state index >= 15 is 0 Å². The quantitative estimate of drug-likeness (QED) is 0.844. The fourth-order valence-electron chi connectivity index (χ4n) is 3.69. The summed E-state index contributed by atoms with van der Waals surface area (Å²) in [5.74, 6) is -0.841. The van der Waals surface area contributed by atoms with E-state index in [0.717, 1.165) is 12.8 Å². The highest BCUT2D eigenvalue weighted by Crippen LogP contribution is 2.43. The molecule has 1 amide bonds. The first-order valence-electron chi connectivity index (χ1n) is 8.41. The van der Waals surface area contributed by atoms with Crippen molar-refractivity contribution < 1.29 is 28.9 Å². The highest BCUT2D eigenvalue weighted by atomic mass is 16.5. The first-order valence-corrected chi connectivity index (χ1v) is 8.41. The van der Waals surface area contributed by atoms with Gasteiger partial charge in [-0.05, 0) is 31.0 Å². The summed E-state index contributed by atoms with van der Waals surface area (Å²) in [7, 11) is 3.08. The first kappa shape index (κ1) is 17.5. The molecule has 2 heterocycles. The van der Waals surface area contributed by atoms with Crippen molar-refractivity contribution in [2.24, 2.45) is 5.92 Å². The van der Waals surface area contributed by atoms with Gasteiger partial charge in [-0.3, -0.25) is 9.59 Å². The van der Waals surface area contributed by atoms with Crippen molar-refractivity contribution in [1.82, 2.24) is 4.90 Å².